The largest absolute Gasteiger partial charge is 0.416 e. The summed E-state index contributed by atoms with van der Waals surface area (Å²) in [6, 6.07) is 8.03. The van der Waals surface area contributed by atoms with Crippen molar-refractivity contribution in [2.75, 3.05) is 0 Å². The van der Waals surface area contributed by atoms with Gasteiger partial charge < -0.3 is 0 Å². The van der Waals surface area contributed by atoms with Crippen LogP contribution < -0.4 is 5.43 Å². The predicted molar refractivity (Wildman–Crippen MR) is 70.8 cm³/mol. The van der Waals surface area contributed by atoms with Crippen molar-refractivity contribution < 1.29 is 18.0 Å². The van der Waals surface area contributed by atoms with Crippen molar-refractivity contribution in [3.8, 4) is 0 Å². The summed E-state index contributed by atoms with van der Waals surface area (Å²) in [5.74, 6) is -0.400. The molecule has 0 fully saturated rings. The van der Waals surface area contributed by atoms with Crippen LogP contribution in [0.25, 0.3) is 0 Å². The van der Waals surface area contributed by atoms with E-state index in [4.69, 9.17) is 0 Å². The molecule has 1 heterocycles. The molecule has 20 heavy (non-hydrogen) atoms. The molecular formula is C13H9F3N2OS. The molecular weight excluding hydrogens is 289 g/mol. The van der Waals surface area contributed by atoms with E-state index >= 15 is 0 Å². The number of hydrogen-bond donors (Lipinski definition) is 1. The van der Waals surface area contributed by atoms with Crippen molar-refractivity contribution in [1.29, 1.82) is 0 Å². The van der Waals surface area contributed by atoms with Gasteiger partial charge in [0.05, 0.1) is 16.7 Å². The highest BCUT2D eigenvalue weighted by Crippen LogP contribution is 2.29. The molecule has 0 radical (unpaired) electrons. The zero-order valence-electron chi connectivity index (χ0n) is 10.0. The number of halogens is 3. The lowest BCUT2D eigenvalue weighted by Gasteiger charge is -2.06. The lowest BCUT2D eigenvalue weighted by molar-refractivity contribution is -0.137. The molecule has 0 spiro atoms. The first-order valence-corrected chi connectivity index (χ1v) is 6.39. The van der Waals surface area contributed by atoms with Crippen LogP contribution in [-0.2, 0) is 6.18 Å². The first-order valence-electron chi connectivity index (χ1n) is 5.51. The van der Waals surface area contributed by atoms with Gasteiger partial charge in [-0.05, 0) is 29.1 Å². The van der Waals surface area contributed by atoms with Gasteiger partial charge in [-0.15, -0.1) is 11.3 Å². The van der Waals surface area contributed by atoms with Crippen LogP contribution in [-0.4, -0.2) is 12.1 Å². The number of carbonyl (C=O) groups excluding carboxylic acids is 1. The van der Waals surface area contributed by atoms with Crippen molar-refractivity contribution in [1.82, 2.24) is 5.43 Å². The minimum absolute atomic E-state index is 0.256. The molecule has 0 aliphatic carbocycles. The second-order valence-electron chi connectivity index (χ2n) is 3.80. The number of rotatable bonds is 3. The Morgan fingerprint density at radius 3 is 2.70 bits per heavy atom. The van der Waals surface area contributed by atoms with Gasteiger partial charge in [-0.25, -0.2) is 5.43 Å². The first kappa shape index (κ1) is 14.3. The summed E-state index contributed by atoms with van der Waals surface area (Å²) in [7, 11) is 0. The van der Waals surface area contributed by atoms with Gasteiger partial charge in [0, 0.05) is 0 Å². The van der Waals surface area contributed by atoms with E-state index in [1.54, 1.807) is 17.5 Å². The van der Waals surface area contributed by atoms with Crippen LogP contribution in [0.3, 0.4) is 0 Å². The van der Waals surface area contributed by atoms with Gasteiger partial charge >= 0.3 is 6.18 Å². The third-order valence-corrected chi connectivity index (χ3v) is 3.21. The van der Waals surface area contributed by atoms with Crippen LogP contribution >= 0.6 is 11.3 Å². The molecule has 0 unspecified atom stereocenters. The summed E-state index contributed by atoms with van der Waals surface area (Å²) in [6.45, 7) is 0. The molecule has 1 amide bonds. The number of amides is 1. The Morgan fingerprint density at radius 1 is 1.25 bits per heavy atom. The molecule has 1 aromatic heterocycles. The Hall–Kier alpha value is -2.15. The molecule has 0 aliphatic heterocycles. The number of alkyl halides is 3. The quantitative estimate of drug-likeness (QED) is 0.683. The highest BCUT2D eigenvalue weighted by molar-refractivity contribution is 7.12. The Balaban J connectivity index is 2.03. The normalized spacial score (nSPS) is 11.8. The fourth-order valence-electron chi connectivity index (χ4n) is 1.42. The molecule has 0 saturated carbocycles. The van der Waals surface area contributed by atoms with Gasteiger partial charge in [0.1, 0.15) is 0 Å². The molecule has 0 saturated heterocycles. The van der Waals surface area contributed by atoms with E-state index in [1.807, 2.05) is 0 Å². The summed E-state index contributed by atoms with van der Waals surface area (Å²) >= 11 is 1.25. The third kappa shape index (κ3) is 3.67. The minimum atomic E-state index is -4.40. The van der Waals surface area contributed by atoms with E-state index in [9.17, 15) is 18.0 Å². The van der Waals surface area contributed by atoms with Crippen molar-refractivity contribution in [2.24, 2.45) is 5.10 Å². The number of hydrazone groups is 1. The third-order valence-electron chi connectivity index (χ3n) is 2.34. The molecule has 1 aromatic carbocycles. The van der Waals surface area contributed by atoms with Crippen molar-refractivity contribution in [2.45, 2.75) is 6.18 Å². The topological polar surface area (TPSA) is 41.5 Å². The van der Waals surface area contributed by atoms with Gasteiger partial charge in [0.15, 0.2) is 0 Å². The summed E-state index contributed by atoms with van der Waals surface area (Å²) in [4.78, 5) is 12.0. The maximum absolute atomic E-state index is 12.5. The monoisotopic (exact) mass is 298 g/mol. The number of carbonyl (C=O) groups is 1. The SMILES string of the molecule is O=C(N/N=C\c1cccc(C(F)(F)F)c1)c1cccs1. The Labute approximate surface area is 116 Å². The van der Waals surface area contributed by atoms with Gasteiger partial charge in [0.25, 0.3) is 5.91 Å². The van der Waals surface area contributed by atoms with E-state index in [1.165, 1.54) is 29.7 Å². The Morgan fingerprint density at radius 2 is 2.05 bits per heavy atom. The lowest BCUT2D eigenvalue weighted by Crippen LogP contribution is -2.16. The van der Waals surface area contributed by atoms with E-state index in [-0.39, 0.29) is 5.56 Å². The average Bonchev–Trinajstić information content (AvgIpc) is 2.92. The van der Waals surface area contributed by atoms with Crippen molar-refractivity contribution in [3.05, 3.63) is 57.8 Å². The fourth-order valence-corrected chi connectivity index (χ4v) is 2.04. The highest BCUT2D eigenvalue weighted by atomic mass is 32.1. The van der Waals surface area contributed by atoms with Crippen LogP contribution in [0.1, 0.15) is 20.8 Å². The molecule has 0 bridgehead atoms. The number of nitrogens with zero attached hydrogens (tertiary/aromatic N) is 1. The molecule has 2 rings (SSSR count). The second-order valence-corrected chi connectivity index (χ2v) is 4.75. The average molecular weight is 298 g/mol. The number of hydrogen-bond acceptors (Lipinski definition) is 3. The highest BCUT2D eigenvalue weighted by Gasteiger charge is 2.30. The molecule has 2 aromatic rings. The molecule has 1 N–H and O–H groups in total. The van der Waals surface area contributed by atoms with Crippen molar-refractivity contribution in [3.63, 3.8) is 0 Å². The summed E-state index contributed by atoms with van der Waals surface area (Å²) in [6.07, 6.45) is -3.23. The van der Waals surface area contributed by atoms with Crippen LogP contribution in [0.2, 0.25) is 0 Å². The lowest BCUT2D eigenvalue weighted by atomic mass is 10.1. The van der Waals surface area contributed by atoms with E-state index in [0.29, 0.717) is 4.88 Å². The maximum atomic E-state index is 12.5. The number of benzene rings is 1. The zero-order valence-corrected chi connectivity index (χ0v) is 10.8. The second kappa shape index (κ2) is 5.87. The Bertz CT molecular complexity index is 621. The summed E-state index contributed by atoms with van der Waals surface area (Å²) in [5.41, 5.74) is 1.75. The molecule has 104 valence electrons. The van der Waals surface area contributed by atoms with E-state index in [0.717, 1.165) is 12.1 Å². The van der Waals surface area contributed by atoms with Crippen LogP contribution in [0, 0.1) is 0 Å². The van der Waals surface area contributed by atoms with Gasteiger partial charge in [-0.2, -0.15) is 18.3 Å². The van der Waals surface area contributed by atoms with Crippen LogP contribution in [0.5, 0.6) is 0 Å². The van der Waals surface area contributed by atoms with Gasteiger partial charge in [0.2, 0.25) is 0 Å². The summed E-state index contributed by atoms with van der Waals surface area (Å²) < 4.78 is 37.5. The number of nitrogens with one attached hydrogen (secondary N) is 1. The Kier molecular flexibility index (Phi) is 4.19. The minimum Gasteiger partial charge on any atom is -0.266 e. The van der Waals surface area contributed by atoms with Crippen LogP contribution in [0.4, 0.5) is 13.2 Å². The standard InChI is InChI=1S/C13H9F3N2OS/c14-13(15,16)10-4-1-3-9(7-10)8-17-18-12(19)11-5-2-6-20-11/h1-8H,(H,18,19)/b17-8-. The van der Waals surface area contributed by atoms with E-state index in [2.05, 4.69) is 10.5 Å². The predicted octanol–water partition coefficient (Wildman–Crippen LogP) is 3.53. The molecule has 0 atom stereocenters. The fraction of sp³-hybridized carbons (Fsp3) is 0.0769. The van der Waals surface area contributed by atoms with Gasteiger partial charge in [-0.1, -0.05) is 18.2 Å². The maximum Gasteiger partial charge on any atom is 0.416 e. The van der Waals surface area contributed by atoms with Crippen molar-refractivity contribution >= 4 is 23.5 Å². The molecule has 3 nitrogen and oxygen atoms in total. The first-order chi connectivity index (χ1) is 9.47. The molecule has 7 heteroatoms. The number of thiophene rings is 1. The van der Waals surface area contributed by atoms with E-state index < -0.39 is 17.6 Å². The van der Waals surface area contributed by atoms with Crippen LogP contribution in [0.15, 0.2) is 46.9 Å². The zero-order chi connectivity index (χ0) is 14.6. The molecule has 0 aliphatic rings. The smallest absolute Gasteiger partial charge is 0.266 e. The summed E-state index contributed by atoms with van der Waals surface area (Å²) in [5, 5.41) is 5.38. The van der Waals surface area contributed by atoms with Gasteiger partial charge in [-0.3, -0.25) is 4.79 Å².